The van der Waals surface area contributed by atoms with Gasteiger partial charge in [0.15, 0.2) is 0 Å². The zero-order valence-corrected chi connectivity index (χ0v) is 13.4. The van der Waals surface area contributed by atoms with E-state index in [-0.39, 0.29) is 5.56 Å². The van der Waals surface area contributed by atoms with E-state index in [1.165, 1.54) is 4.68 Å². The van der Waals surface area contributed by atoms with E-state index < -0.39 is 0 Å². The Morgan fingerprint density at radius 1 is 1.35 bits per heavy atom. The largest absolute Gasteiger partial charge is 0.351 e. The summed E-state index contributed by atoms with van der Waals surface area (Å²) in [6.45, 7) is 7.52. The van der Waals surface area contributed by atoms with Crippen molar-refractivity contribution in [2.45, 2.75) is 33.9 Å². The number of aryl methyl sites for hydroxylation is 1. The number of rotatable bonds is 5. The third-order valence-corrected chi connectivity index (χ3v) is 3.53. The van der Waals surface area contributed by atoms with Gasteiger partial charge in [0.25, 0.3) is 5.56 Å². The first-order chi connectivity index (χ1) is 9.51. The van der Waals surface area contributed by atoms with E-state index in [4.69, 9.17) is 0 Å². The molecule has 0 amide bonds. The summed E-state index contributed by atoms with van der Waals surface area (Å²) in [4.78, 5) is 12.2. The lowest BCUT2D eigenvalue weighted by Crippen LogP contribution is -2.26. The van der Waals surface area contributed by atoms with Gasteiger partial charge in [-0.25, -0.2) is 4.68 Å². The van der Waals surface area contributed by atoms with Crippen LogP contribution in [-0.2, 0) is 13.1 Å². The molecule has 2 heterocycles. The second-order valence-electron chi connectivity index (χ2n) is 4.96. The van der Waals surface area contributed by atoms with Crippen LogP contribution in [0.2, 0.25) is 0 Å². The van der Waals surface area contributed by atoms with E-state index in [0.717, 1.165) is 12.2 Å². The van der Waals surface area contributed by atoms with Crippen LogP contribution < -0.4 is 10.9 Å². The van der Waals surface area contributed by atoms with Crippen LogP contribution in [0.5, 0.6) is 0 Å². The Hall–Kier alpha value is -1.63. The van der Waals surface area contributed by atoms with Crippen molar-refractivity contribution in [1.82, 2.24) is 19.6 Å². The molecule has 0 aliphatic carbocycles. The van der Waals surface area contributed by atoms with E-state index in [1.54, 1.807) is 12.4 Å². The van der Waals surface area contributed by atoms with Gasteiger partial charge in [0.2, 0.25) is 0 Å². The predicted molar refractivity (Wildman–Crippen MR) is 82.2 cm³/mol. The Labute approximate surface area is 125 Å². The number of nitrogens with zero attached hydrogens (tertiary/aromatic N) is 4. The van der Waals surface area contributed by atoms with Gasteiger partial charge in [0.1, 0.15) is 4.47 Å². The number of aromatic nitrogens is 4. The first kappa shape index (κ1) is 14.8. The third-order valence-electron chi connectivity index (χ3n) is 2.76. The highest BCUT2D eigenvalue weighted by molar-refractivity contribution is 9.10. The minimum absolute atomic E-state index is 0.133. The highest BCUT2D eigenvalue weighted by atomic mass is 79.9. The lowest BCUT2D eigenvalue weighted by atomic mass is 10.2. The van der Waals surface area contributed by atoms with Crippen LogP contribution in [0.25, 0.3) is 0 Å². The van der Waals surface area contributed by atoms with Crippen molar-refractivity contribution in [3.8, 4) is 0 Å². The minimum atomic E-state index is -0.133. The maximum Gasteiger partial charge on any atom is 0.283 e. The van der Waals surface area contributed by atoms with E-state index in [9.17, 15) is 4.79 Å². The zero-order valence-electron chi connectivity index (χ0n) is 11.8. The molecule has 7 heteroatoms. The SMILES string of the molecule is CCn1cc(Nc2cnn(CC(C)C)c(=O)c2Br)cn1. The average molecular weight is 340 g/mol. The molecule has 0 fully saturated rings. The third kappa shape index (κ3) is 3.27. The van der Waals surface area contributed by atoms with Crippen LogP contribution in [0.4, 0.5) is 11.4 Å². The van der Waals surface area contributed by atoms with Gasteiger partial charge in [-0.05, 0) is 28.8 Å². The Morgan fingerprint density at radius 3 is 2.70 bits per heavy atom. The molecule has 0 unspecified atom stereocenters. The molecular formula is C13H18BrN5O. The van der Waals surface area contributed by atoms with Crippen molar-refractivity contribution in [1.29, 1.82) is 0 Å². The number of nitrogens with one attached hydrogen (secondary N) is 1. The molecule has 20 heavy (non-hydrogen) atoms. The molecule has 2 rings (SSSR count). The summed E-state index contributed by atoms with van der Waals surface area (Å²) < 4.78 is 3.76. The standard InChI is InChI=1S/C13H18BrN5O/c1-4-18-8-10(5-15-18)17-11-6-16-19(7-9(2)3)13(20)12(11)14/h5-6,8-9,17H,4,7H2,1-3H3. The normalized spacial score (nSPS) is 11.1. The molecule has 0 aliphatic heterocycles. The zero-order chi connectivity index (χ0) is 14.7. The lowest BCUT2D eigenvalue weighted by Gasteiger charge is -2.10. The molecule has 0 aromatic carbocycles. The van der Waals surface area contributed by atoms with Crippen molar-refractivity contribution in [3.63, 3.8) is 0 Å². The van der Waals surface area contributed by atoms with Crippen molar-refractivity contribution in [2.75, 3.05) is 5.32 Å². The monoisotopic (exact) mass is 339 g/mol. The smallest absolute Gasteiger partial charge is 0.283 e. The number of halogens is 1. The second kappa shape index (κ2) is 6.21. The van der Waals surface area contributed by atoms with Crippen molar-refractivity contribution in [2.24, 2.45) is 5.92 Å². The molecule has 0 bridgehead atoms. The van der Waals surface area contributed by atoms with Crippen molar-refractivity contribution < 1.29 is 0 Å². The lowest BCUT2D eigenvalue weighted by molar-refractivity contribution is 0.463. The summed E-state index contributed by atoms with van der Waals surface area (Å²) in [5.41, 5.74) is 1.34. The van der Waals surface area contributed by atoms with Gasteiger partial charge in [0, 0.05) is 19.3 Å². The maximum absolute atomic E-state index is 12.2. The molecule has 0 spiro atoms. The maximum atomic E-state index is 12.2. The summed E-state index contributed by atoms with van der Waals surface area (Å²) in [5, 5.41) is 11.5. The fraction of sp³-hybridized carbons (Fsp3) is 0.462. The molecule has 0 radical (unpaired) electrons. The molecular weight excluding hydrogens is 322 g/mol. The van der Waals surface area contributed by atoms with E-state index in [2.05, 4.69) is 31.4 Å². The van der Waals surface area contributed by atoms with Crippen LogP contribution in [0.1, 0.15) is 20.8 Å². The molecule has 6 nitrogen and oxygen atoms in total. The summed E-state index contributed by atoms with van der Waals surface area (Å²) in [6, 6.07) is 0. The molecule has 0 saturated carbocycles. The Bertz CT molecular complexity index is 646. The van der Waals surface area contributed by atoms with Crippen LogP contribution in [-0.4, -0.2) is 19.6 Å². The Morgan fingerprint density at radius 2 is 2.10 bits per heavy atom. The molecule has 0 aliphatic rings. The fourth-order valence-corrected chi connectivity index (χ4v) is 2.19. The first-order valence-electron chi connectivity index (χ1n) is 6.56. The quantitative estimate of drug-likeness (QED) is 0.909. The summed E-state index contributed by atoms with van der Waals surface area (Å²) in [6.07, 6.45) is 5.25. The molecule has 108 valence electrons. The van der Waals surface area contributed by atoms with Gasteiger partial charge in [-0.3, -0.25) is 9.48 Å². The van der Waals surface area contributed by atoms with Crippen LogP contribution in [0, 0.1) is 5.92 Å². The second-order valence-corrected chi connectivity index (χ2v) is 5.76. The van der Waals surface area contributed by atoms with Crippen molar-refractivity contribution in [3.05, 3.63) is 33.4 Å². The predicted octanol–water partition coefficient (Wildman–Crippen LogP) is 2.62. The topological polar surface area (TPSA) is 64.7 Å². The Balaban J connectivity index is 2.25. The Kier molecular flexibility index (Phi) is 4.59. The van der Waals surface area contributed by atoms with E-state index in [1.807, 2.05) is 31.6 Å². The fourth-order valence-electron chi connectivity index (χ4n) is 1.78. The van der Waals surface area contributed by atoms with Gasteiger partial charge >= 0.3 is 0 Å². The van der Waals surface area contributed by atoms with Gasteiger partial charge in [-0.1, -0.05) is 13.8 Å². The highest BCUT2D eigenvalue weighted by Gasteiger charge is 2.10. The minimum Gasteiger partial charge on any atom is -0.351 e. The molecule has 1 N–H and O–H groups in total. The number of hydrogen-bond acceptors (Lipinski definition) is 4. The molecule has 2 aromatic heterocycles. The molecule has 0 saturated heterocycles. The van der Waals surface area contributed by atoms with Gasteiger partial charge < -0.3 is 5.32 Å². The van der Waals surface area contributed by atoms with Crippen LogP contribution >= 0.6 is 15.9 Å². The van der Waals surface area contributed by atoms with Crippen LogP contribution in [0.15, 0.2) is 27.9 Å². The van der Waals surface area contributed by atoms with Crippen molar-refractivity contribution >= 4 is 27.3 Å². The van der Waals surface area contributed by atoms with Crippen LogP contribution in [0.3, 0.4) is 0 Å². The highest BCUT2D eigenvalue weighted by Crippen LogP contribution is 2.21. The number of hydrogen-bond donors (Lipinski definition) is 1. The van der Waals surface area contributed by atoms with E-state index >= 15 is 0 Å². The average Bonchev–Trinajstić information content (AvgIpc) is 2.86. The van der Waals surface area contributed by atoms with Gasteiger partial charge in [-0.2, -0.15) is 10.2 Å². The van der Waals surface area contributed by atoms with Gasteiger partial charge in [-0.15, -0.1) is 0 Å². The summed E-state index contributed by atoms with van der Waals surface area (Å²) in [7, 11) is 0. The first-order valence-corrected chi connectivity index (χ1v) is 7.35. The number of anilines is 2. The molecule has 0 atom stereocenters. The molecule has 2 aromatic rings. The van der Waals surface area contributed by atoms with E-state index in [0.29, 0.717) is 22.6 Å². The summed E-state index contributed by atoms with van der Waals surface area (Å²) >= 11 is 3.34. The summed E-state index contributed by atoms with van der Waals surface area (Å²) in [5.74, 6) is 0.369. The van der Waals surface area contributed by atoms with Gasteiger partial charge in [0.05, 0.1) is 23.8 Å².